The van der Waals surface area contributed by atoms with Gasteiger partial charge < -0.3 is 4.74 Å². The molecular weight excluding hydrogens is 456 g/mol. The van der Waals surface area contributed by atoms with Crippen LogP contribution in [-0.4, -0.2) is 6.36 Å². The van der Waals surface area contributed by atoms with E-state index in [2.05, 4.69) is 4.74 Å². The van der Waals surface area contributed by atoms with Crippen molar-refractivity contribution in [3.05, 3.63) is 88.2 Å². The van der Waals surface area contributed by atoms with Gasteiger partial charge in [-0.15, -0.1) is 13.2 Å². The molecule has 176 valence electrons. The van der Waals surface area contributed by atoms with Crippen LogP contribution in [0.3, 0.4) is 0 Å². The van der Waals surface area contributed by atoms with Crippen LogP contribution >= 0.6 is 0 Å². The van der Waals surface area contributed by atoms with Gasteiger partial charge in [0.05, 0.1) is 5.56 Å². The highest BCUT2D eigenvalue weighted by Crippen LogP contribution is 2.33. The maximum atomic E-state index is 14.6. The van der Waals surface area contributed by atoms with E-state index in [1.165, 1.54) is 12.1 Å². The van der Waals surface area contributed by atoms with E-state index in [0.29, 0.717) is 30.5 Å². The standard InChI is InChI=1S/C24H18F8O/c1-2-3-13-8-17(25)16(18(26)9-13)6-4-14-10-20(28)23(21(29)11-14)15-5-7-22(19(27)12-15)33-24(30,31)32/h5,7-12H,2-4,6H2,1H3. The molecule has 0 aliphatic carbocycles. The van der Waals surface area contributed by atoms with Crippen LogP contribution in [0.5, 0.6) is 5.75 Å². The third kappa shape index (κ3) is 6.03. The van der Waals surface area contributed by atoms with Gasteiger partial charge in [0.15, 0.2) is 11.6 Å². The molecule has 0 aliphatic rings. The van der Waals surface area contributed by atoms with Crippen molar-refractivity contribution in [1.29, 1.82) is 0 Å². The highest BCUT2D eigenvalue weighted by molar-refractivity contribution is 5.66. The average Bonchev–Trinajstić information content (AvgIpc) is 2.68. The van der Waals surface area contributed by atoms with E-state index in [1.54, 1.807) is 0 Å². The van der Waals surface area contributed by atoms with Crippen LogP contribution in [0.2, 0.25) is 0 Å². The number of alkyl halides is 3. The molecule has 33 heavy (non-hydrogen) atoms. The first-order valence-electron chi connectivity index (χ1n) is 9.99. The van der Waals surface area contributed by atoms with Gasteiger partial charge >= 0.3 is 6.36 Å². The summed E-state index contributed by atoms with van der Waals surface area (Å²) in [5.74, 6) is -6.29. The molecule has 0 saturated carbocycles. The molecule has 1 nitrogen and oxygen atoms in total. The maximum absolute atomic E-state index is 14.6. The van der Waals surface area contributed by atoms with Crippen molar-refractivity contribution in [2.75, 3.05) is 0 Å². The van der Waals surface area contributed by atoms with Crippen LogP contribution in [0.15, 0.2) is 42.5 Å². The molecule has 0 aliphatic heterocycles. The van der Waals surface area contributed by atoms with Crippen LogP contribution in [-0.2, 0) is 19.3 Å². The van der Waals surface area contributed by atoms with Crippen molar-refractivity contribution in [2.45, 2.75) is 39.0 Å². The Bertz CT molecular complexity index is 1110. The van der Waals surface area contributed by atoms with Crippen LogP contribution in [0, 0.1) is 29.1 Å². The summed E-state index contributed by atoms with van der Waals surface area (Å²) < 4.78 is 112. The molecule has 0 N–H and O–H groups in total. The molecule has 3 aromatic rings. The number of benzene rings is 3. The number of ether oxygens (including phenoxy) is 1. The maximum Gasteiger partial charge on any atom is 0.573 e. The molecule has 0 fully saturated rings. The van der Waals surface area contributed by atoms with E-state index in [4.69, 9.17) is 0 Å². The Hall–Kier alpha value is -3.10. The van der Waals surface area contributed by atoms with Crippen molar-refractivity contribution in [1.82, 2.24) is 0 Å². The summed E-state index contributed by atoms with van der Waals surface area (Å²) in [5, 5.41) is 0. The molecule has 0 atom stereocenters. The zero-order valence-corrected chi connectivity index (χ0v) is 17.3. The number of hydrogen-bond donors (Lipinski definition) is 0. The van der Waals surface area contributed by atoms with E-state index < -0.39 is 46.8 Å². The molecule has 0 aromatic heterocycles. The fraction of sp³-hybridized carbons (Fsp3) is 0.250. The number of halogens is 8. The predicted octanol–water partition coefficient (Wildman–Crippen LogP) is 7.69. The Morgan fingerprint density at radius 2 is 1.21 bits per heavy atom. The smallest absolute Gasteiger partial charge is 0.403 e. The van der Waals surface area contributed by atoms with Crippen molar-refractivity contribution in [2.24, 2.45) is 0 Å². The molecule has 0 spiro atoms. The van der Waals surface area contributed by atoms with Crippen molar-refractivity contribution >= 4 is 0 Å². The lowest BCUT2D eigenvalue weighted by atomic mass is 9.97. The molecular formula is C24H18F8O. The lowest BCUT2D eigenvalue weighted by Crippen LogP contribution is -2.17. The van der Waals surface area contributed by atoms with Crippen LogP contribution in [0.1, 0.15) is 30.0 Å². The van der Waals surface area contributed by atoms with E-state index in [-0.39, 0.29) is 29.5 Å². The van der Waals surface area contributed by atoms with Gasteiger partial charge in [0.2, 0.25) is 0 Å². The molecule has 0 saturated heterocycles. The van der Waals surface area contributed by atoms with Gasteiger partial charge in [-0.3, -0.25) is 0 Å². The van der Waals surface area contributed by atoms with E-state index in [1.807, 2.05) is 6.92 Å². The molecule has 0 unspecified atom stereocenters. The predicted molar refractivity (Wildman–Crippen MR) is 106 cm³/mol. The normalized spacial score (nSPS) is 11.7. The molecule has 3 rings (SSSR count). The zero-order chi connectivity index (χ0) is 24.3. The summed E-state index contributed by atoms with van der Waals surface area (Å²) in [4.78, 5) is 0. The van der Waals surface area contributed by atoms with Crippen LogP contribution in [0.25, 0.3) is 11.1 Å². The SMILES string of the molecule is CCCc1cc(F)c(CCc2cc(F)c(-c3ccc(OC(F)(F)F)c(F)c3)c(F)c2)c(F)c1. The topological polar surface area (TPSA) is 9.23 Å². The minimum absolute atomic E-state index is 0.0815. The van der Waals surface area contributed by atoms with Crippen LogP contribution in [0.4, 0.5) is 35.1 Å². The van der Waals surface area contributed by atoms with E-state index in [0.717, 1.165) is 18.2 Å². The highest BCUT2D eigenvalue weighted by Gasteiger charge is 2.32. The first-order valence-corrected chi connectivity index (χ1v) is 9.99. The zero-order valence-electron chi connectivity index (χ0n) is 17.3. The van der Waals surface area contributed by atoms with Gasteiger partial charge in [-0.05, 0) is 72.4 Å². The lowest BCUT2D eigenvalue weighted by Gasteiger charge is -2.12. The molecule has 3 aromatic carbocycles. The Balaban J connectivity index is 1.82. The minimum atomic E-state index is -5.13. The fourth-order valence-electron chi connectivity index (χ4n) is 3.51. The van der Waals surface area contributed by atoms with Crippen molar-refractivity contribution in [3.63, 3.8) is 0 Å². The summed E-state index contributed by atoms with van der Waals surface area (Å²) >= 11 is 0. The third-order valence-electron chi connectivity index (χ3n) is 4.95. The van der Waals surface area contributed by atoms with Gasteiger partial charge in [-0.2, -0.15) is 0 Å². The molecule has 0 radical (unpaired) electrons. The molecule has 0 heterocycles. The van der Waals surface area contributed by atoms with Crippen molar-refractivity contribution < 1.29 is 39.9 Å². The quantitative estimate of drug-likeness (QED) is 0.319. The van der Waals surface area contributed by atoms with Crippen molar-refractivity contribution in [3.8, 4) is 16.9 Å². The Kier molecular flexibility index (Phi) is 7.29. The second-order valence-corrected chi connectivity index (χ2v) is 7.42. The summed E-state index contributed by atoms with van der Waals surface area (Å²) in [6.45, 7) is 1.87. The first kappa shape index (κ1) is 24.5. The summed E-state index contributed by atoms with van der Waals surface area (Å²) in [5.41, 5.74) is -0.592. The minimum Gasteiger partial charge on any atom is -0.403 e. The van der Waals surface area contributed by atoms with Gasteiger partial charge in [0, 0.05) is 5.56 Å². The Morgan fingerprint density at radius 1 is 0.667 bits per heavy atom. The molecule has 0 amide bonds. The Labute approximate surface area is 184 Å². The largest absolute Gasteiger partial charge is 0.573 e. The second-order valence-electron chi connectivity index (χ2n) is 7.42. The molecule has 9 heteroatoms. The monoisotopic (exact) mass is 474 g/mol. The summed E-state index contributed by atoms with van der Waals surface area (Å²) in [6.07, 6.45) is -4.14. The number of hydrogen-bond acceptors (Lipinski definition) is 1. The lowest BCUT2D eigenvalue weighted by molar-refractivity contribution is -0.275. The van der Waals surface area contributed by atoms with Gasteiger partial charge in [0.25, 0.3) is 0 Å². The van der Waals surface area contributed by atoms with Crippen LogP contribution < -0.4 is 4.74 Å². The third-order valence-corrected chi connectivity index (χ3v) is 4.95. The van der Waals surface area contributed by atoms with Gasteiger partial charge in [-0.25, -0.2) is 22.0 Å². The Morgan fingerprint density at radius 3 is 1.73 bits per heavy atom. The van der Waals surface area contributed by atoms with Gasteiger partial charge in [-0.1, -0.05) is 19.4 Å². The second kappa shape index (κ2) is 9.80. The number of aryl methyl sites for hydroxylation is 2. The van der Waals surface area contributed by atoms with E-state index in [9.17, 15) is 35.1 Å². The van der Waals surface area contributed by atoms with Gasteiger partial charge in [0.1, 0.15) is 23.3 Å². The summed E-state index contributed by atoms with van der Waals surface area (Å²) in [6, 6.07) is 6.33. The molecule has 0 bridgehead atoms. The average molecular weight is 474 g/mol. The fourth-order valence-corrected chi connectivity index (χ4v) is 3.51. The highest BCUT2D eigenvalue weighted by atomic mass is 19.4. The van der Waals surface area contributed by atoms with E-state index >= 15 is 0 Å². The number of rotatable bonds is 7. The summed E-state index contributed by atoms with van der Waals surface area (Å²) in [7, 11) is 0. The first-order chi connectivity index (χ1) is 15.5.